The van der Waals surface area contributed by atoms with E-state index in [0.717, 1.165) is 64.2 Å². The molecule has 0 aliphatic rings. The summed E-state index contributed by atoms with van der Waals surface area (Å²) in [5, 5.41) is 0. The van der Waals surface area contributed by atoms with E-state index in [9.17, 15) is 14.4 Å². The molecule has 0 bridgehead atoms. The Balaban J connectivity index is 4.30. The molecule has 0 aliphatic heterocycles. The molecule has 0 saturated heterocycles. The van der Waals surface area contributed by atoms with Gasteiger partial charge < -0.3 is 14.2 Å². The maximum absolute atomic E-state index is 12.8. The Bertz CT molecular complexity index is 900. The maximum Gasteiger partial charge on any atom is 0.306 e. The van der Waals surface area contributed by atoms with Crippen LogP contribution in [0.1, 0.15) is 284 Å². The highest BCUT2D eigenvalue weighted by atomic mass is 16.6. The van der Waals surface area contributed by atoms with Crippen molar-refractivity contribution in [1.29, 1.82) is 0 Å². The number of rotatable bonds is 47. The molecule has 0 aromatic rings. The fraction of sp³-hybridized carbons (Fsp3) is 0.904. The summed E-state index contributed by atoms with van der Waals surface area (Å²) in [4.78, 5) is 37.9. The largest absolute Gasteiger partial charge is 0.462 e. The summed E-state index contributed by atoms with van der Waals surface area (Å²) in [7, 11) is 0. The molecule has 342 valence electrons. The molecule has 0 heterocycles. The Morgan fingerprint density at radius 2 is 0.586 bits per heavy atom. The van der Waals surface area contributed by atoms with Crippen LogP contribution in [0.25, 0.3) is 0 Å². The zero-order valence-electron chi connectivity index (χ0n) is 39.1. The van der Waals surface area contributed by atoms with E-state index in [4.69, 9.17) is 14.2 Å². The minimum atomic E-state index is -0.765. The second-order valence-corrected chi connectivity index (χ2v) is 17.4. The van der Waals surface area contributed by atoms with E-state index in [-0.39, 0.29) is 31.1 Å². The molecule has 0 rings (SSSR count). The van der Waals surface area contributed by atoms with Crippen molar-refractivity contribution in [3.8, 4) is 0 Å². The van der Waals surface area contributed by atoms with Gasteiger partial charge in [0.25, 0.3) is 0 Å². The Kier molecular flexibility index (Phi) is 46.3. The highest BCUT2D eigenvalue weighted by molar-refractivity contribution is 5.71. The number of ether oxygens (including phenoxy) is 3. The first-order valence-electron chi connectivity index (χ1n) is 25.7. The first-order valence-corrected chi connectivity index (χ1v) is 25.7. The molecule has 6 nitrogen and oxygen atoms in total. The maximum atomic E-state index is 12.8. The van der Waals surface area contributed by atoms with Crippen LogP contribution in [0.15, 0.2) is 12.2 Å². The molecule has 1 atom stereocenters. The van der Waals surface area contributed by atoms with E-state index < -0.39 is 6.10 Å². The molecular weight excluding hydrogens is 721 g/mol. The summed E-state index contributed by atoms with van der Waals surface area (Å²) in [6.45, 7) is 6.63. The topological polar surface area (TPSA) is 78.9 Å². The molecule has 0 fully saturated rings. The minimum absolute atomic E-state index is 0.0673. The van der Waals surface area contributed by atoms with Gasteiger partial charge in [0.2, 0.25) is 0 Å². The molecule has 0 aliphatic carbocycles. The third-order valence-electron chi connectivity index (χ3n) is 11.5. The van der Waals surface area contributed by atoms with Gasteiger partial charge in [0, 0.05) is 19.3 Å². The van der Waals surface area contributed by atoms with Crippen molar-refractivity contribution >= 4 is 17.9 Å². The molecule has 0 N–H and O–H groups in total. The molecule has 0 spiro atoms. The van der Waals surface area contributed by atoms with Crippen molar-refractivity contribution in [2.45, 2.75) is 290 Å². The third-order valence-corrected chi connectivity index (χ3v) is 11.5. The monoisotopic (exact) mass is 819 g/mol. The summed E-state index contributed by atoms with van der Waals surface area (Å²) >= 11 is 0. The van der Waals surface area contributed by atoms with E-state index in [0.29, 0.717) is 19.3 Å². The molecular formula is C52H98O6. The number of hydrogen-bond donors (Lipinski definition) is 0. The Hall–Kier alpha value is -1.85. The quantitative estimate of drug-likeness (QED) is 0.0263. The lowest BCUT2D eigenvalue weighted by Gasteiger charge is -2.18. The average molecular weight is 819 g/mol. The normalized spacial score (nSPS) is 12.0. The minimum Gasteiger partial charge on any atom is -0.462 e. The Morgan fingerprint density at radius 1 is 0.328 bits per heavy atom. The highest BCUT2D eigenvalue weighted by Crippen LogP contribution is 2.16. The number of hydrogen-bond acceptors (Lipinski definition) is 6. The SMILES string of the molecule is CCCC/C=C\CCCCCCCC(=O)OC[C@H](COC(=O)CCCCCCCCCCCCCCCCCC)OC(=O)CCCCCCCCCCCCCCC. The number of allylic oxidation sites excluding steroid dienone is 2. The van der Waals surface area contributed by atoms with Crippen molar-refractivity contribution in [3.05, 3.63) is 12.2 Å². The van der Waals surface area contributed by atoms with Gasteiger partial charge in [-0.05, 0) is 38.5 Å². The smallest absolute Gasteiger partial charge is 0.306 e. The number of unbranched alkanes of at least 4 members (excludes halogenated alkanes) is 34. The van der Waals surface area contributed by atoms with Gasteiger partial charge in [-0.3, -0.25) is 14.4 Å². The summed E-state index contributed by atoms with van der Waals surface area (Å²) in [6.07, 6.45) is 51.9. The molecule has 0 radical (unpaired) electrons. The first kappa shape index (κ1) is 56.1. The van der Waals surface area contributed by atoms with Gasteiger partial charge in [0.1, 0.15) is 13.2 Å². The van der Waals surface area contributed by atoms with E-state index in [1.165, 1.54) is 180 Å². The summed E-state index contributed by atoms with van der Waals surface area (Å²) in [6, 6.07) is 0. The lowest BCUT2D eigenvalue weighted by molar-refractivity contribution is -0.167. The van der Waals surface area contributed by atoms with E-state index in [1.54, 1.807) is 0 Å². The molecule has 0 aromatic carbocycles. The summed E-state index contributed by atoms with van der Waals surface area (Å²) in [5.41, 5.74) is 0. The van der Waals surface area contributed by atoms with Gasteiger partial charge in [0.15, 0.2) is 6.10 Å². The van der Waals surface area contributed by atoms with Crippen LogP contribution in [0.4, 0.5) is 0 Å². The third kappa shape index (κ3) is 45.2. The van der Waals surface area contributed by atoms with Crippen molar-refractivity contribution in [2.24, 2.45) is 0 Å². The Labute approximate surface area is 360 Å². The van der Waals surface area contributed by atoms with Crippen molar-refractivity contribution in [3.63, 3.8) is 0 Å². The van der Waals surface area contributed by atoms with Crippen LogP contribution in [0.2, 0.25) is 0 Å². The second-order valence-electron chi connectivity index (χ2n) is 17.4. The number of carbonyl (C=O) groups is 3. The predicted molar refractivity (Wildman–Crippen MR) is 247 cm³/mol. The van der Waals surface area contributed by atoms with Gasteiger partial charge in [-0.25, -0.2) is 0 Å². The van der Waals surface area contributed by atoms with Crippen LogP contribution in [0.5, 0.6) is 0 Å². The number of carbonyl (C=O) groups excluding carboxylic acids is 3. The van der Waals surface area contributed by atoms with Crippen LogP contribution in [0.3, 0.4) is 0 Å². The molecule has 0 unspecified atom stereocenters. The Morgan fingerprint density at radius 3 is 0.914 bits per heavy atom. The fourth-order valence-electron chi connectivity index (χ4n) is 7.60. The fourth-order valence-corrected chi connectivity index (χ4v) is 7.60. The molecule has 0 aromatic heterocycles. The van der Waals surface area contributed by atoms with Crippen molar-refractivity contribution < 1.29 is 28.6 Å². The van der Waals surface area contributed by atoms with Crippen LogP contribution >= 0.6 is 0 Å². The summed E-state index contributed by atoms with van der Waals surface area (Å²) < 4.78 is 16.8. The lowest BCUT2D eigenvalue weighted by Crippen LogP contribution is -2.30. The second kappa shape index (κ2) is 47.8. The highest BCUT2D eigenvalue weighted by Gasteiger charge is 2.19. The van der Waals surface area contributed by atoms with E-state index in [1.807, 2.05) is 0 Å². The molecule has 0 saturated carbocycles. The van der Waals surface area contributed by atoms with Crippen LogP contribution in [-0.2, 0) is 28.6 Å². The van der Waals surface area contributed by atoms with Crippen LogP contribution < -0.4 is 0 Å². The molecule has 6 heteroatoms. The van der Waals surface area contributed by atoms with Crippen LogP contribution in [-0.4, -0.2) is 37.2 Å². The molecule has 58 heavy (non-hydrogen) atoms. The number of esters is 3. The van der Waals surface area contributed by atoms with E-state index >= 15 is 0 Å². The van der Waals surface area contributed by atoms with Gasteiger partial charge in [-0.1, -0.05) is 238 Å². The van der Waals surface area contributed by atoms with E-state index in [2.05, 4.69) is 32.9 Å². The molecule has 0 amide bonds. The van der Waals surface area contributed by atoms with Gasteiger partial charge in [-0.15, -0.1) is 0 Å². The van der Waals surface area contributed by atoms with Crippen molar-refractivity contribution in [1.82, 2.24) is 0 Å². The average Bonchev–Trinajstić information content (AvgIpc) is 3.22. The van der Waals surface area contributed by atoms with Gasteiger partial charge >= 0.3 is 17.9 Å². The standard InChI is InChI=1S/C52H98O6/c1-4-7-10-13-16-19-22-24-25-26-28-30-33-36-39-42-45-51(54)57-48-49(47-56-50(53)44-41-38-35-32-29-21-18-15-12-9-6-3)58-52(55)46-43-40-37-34-31-27-23-20-17-14-11-8-5-2/h15,18,49H,4-14,16-17,19-48H2,1-3H3/b18-15-/t49-/m1/s1. The van der Waals surface area contributed by atoms with Crippen LogP contribution in [0, 0.1) is 0 Å². The lowest BCUT2D eigenvalue weighted by atomic mass is 10.0. The zero-order chi connectivity index (χ0) is 42.3. The summed E-state index contributed by atoms with van der Waals surface area (Å²) in [5.74, 6) is -0.861. The van der Waals surface area contributed by atoms with Gasteiger partial charge in [0.05, 0.1) is 0 Å². The first-order chi connectivity index (χ1) is 28.5. The zero-order valence-corrected chi connectivity index (χ0v) is 39.1. The van der Waals surface area contributed by atoms with Crippen molar-refractivity contribution in [2.75, 3.05) is 13.2 Å². The predicted octanol–water partition coefficient (Wildman–Crippen LogP) is 16.6. The van der Waals surface area contributed by atoms with Gasteiger partial charge in [-0.2, -0.15) is 0 Å².